The molecule has 2 atom stereocenters. The Morgan fingerprint density at radius 3 is 2.21 bits per heavy atom. The number of nitrogens with zero attached hydrogens (tertiary/aromatic N) is 5. The Morgan fingerprint density at radius 1 is 0.912 bits per heavy atom. The lowest BCUT2D eigenvalue weighted by atomic mass is 9.90. The van der Waals surface area contributed by atoms with E-state index in [1.807, 2.05) is 36.4 Å². The topological polar surface area (TPSA) is 87.1 Å². The summed E-state index contributed by atoms with van der Waals surface area (Å²) in [5.74, 6) is 0.441. The Hall–Kier alpha value is -2.16. The van der Waals surface area contributed by atoms with E-state index in [4.69, 9.17) is 0 Å². The summed E-state index contributed by atoms with van der Waals surface area (Å²) >= 11 is 0. The number of rotatable bonds is 9. The third-order valence-corrected chi connectivity index (χ3v) is 6.20. The molecule has 1 fully saturated rings. The van der Waals surface area contributed by atoms with Gasteiger partial charge in [0.25, 0.3) is 0 Å². The molecule has 0 amide bonds. The molecule has 2 unspecified atom stereocenters. The molecule has 9 heteroatoms. The van der Waals surface area contributed by atoms with Crippen molar-refractivity contribution in [2.45, 2.75) is 38.8 Å². The molecule has 3 aromatic rings. The number of piperazine rings is 1. The van der Waals surface area contributed by atoms with Gasteiger partial charge >= 0.3 is 0 Å². The number of aliphatic hydroxyl groups excluding tert-OH is 1. The van der Waals surface area contributed by atoms with Gasteiger partial charge in [-0.3, -0.25) is 14.9 Å². The van der Waals surface area contributed by atoms with Crippen LogP contribution in [0, 0.1) is 5.92 Å². The monoisotopic (exact) mass is 504 g/mol. The summed E-state index contributed by atoms with van der Waals surface area (Å²) in [6, 6.07) is 13.8. The van der Waals surface area contributed by atoms with Crippen molar-refractivity contribution in [2.75, 3.05) is 26.2 Å². The largest absolute Gasteiger partial charge is 0.378 e. The fourth-order valence-electron chi connectivity index (χ4n) is 4.25. The highest BCUT2D eigenvalue weighted by atomic mass is 35.5. The second kappa shape index (κ2) is 14.3. The zero-order valence-corrected chi connectivity index (χ0v) is 21.1. The molecule has 0 spiro atoms. The standard InChI is InChI=1S/C25H32N6O.2ClH/c1-2-19(9-10-24(32)31-15-13-26-14-16-31)17-20-18-23(21-7-3-5-11-27-21)29-30-25(20)22-8-4-6-12-28-22;;/h3-8,11-12,18-19,24,26,32H,2,9-10,13-17H2,1H3;2*1H. The number of nitrogens with one attached hydrogen (secondary N) is 1. The van der Waals surface area contributed by atoms with Crippen molar-refractivity contribution in [3.63, 3.8) is 0 Å². The molecule has 0 bridgehead atoms. The summed E-state index contributed by atoms with van der Waals surface area (Å²) in [7, 11) is 0. The van der Waals surface area contributed by atoms with Crippen molar-refractivity contribution in [1.29, 1.82) is 0 Å². The van der Waals surface area contributed by atoms with E-state index in [0.717, 1.165) is 80.2 Å². The van der Waals surface area contributed by atoms with E-state index < -0.39 is 0 Å². The SMILES string of the molecule is CCC(CCC(O)N1CCNCC1)Cc1cc(-c2ccccn2)nnc1-c1ccccn1.Cl.Cl. The maximum atomic E-state index is 10.7. The highest BCUT2D eigenvalue weighted by Gasteiger charge is 2.21. The molecule has 0 saturated carbocycles. The average Bonchev–Trinajstić information content (AvgIpc) is 2.87. The van der Waals surface area contributed by atoms with Gasteiger partial charge in [0.05, 0.1) is 11.4 Å². The molecule has 2 N–H and O–H groups in total. The van der Waals surface area contributed by atoms with Gasteiger partial charge in [0.2, 0.25) is 0 Å². The number of halogens is 2. The van der Waals surface area contributed by atoms with Crippen molar-refractivity contribution in [2.24, 2.45) is 5.92 Å². The Labute approximate surface area is 214 Å². The minimum absolute atomic E-state index is 0. The maximum Gasteiger partial charge on any atom is 0.115 e. The normalized spacial score (nSPS) is 15.6. The lowest BCUT2D eigenvalue weighted by molar-refractivity contribution is -0.0132. The summed E-state index contributed by atoms with van der Waals surface area (Å²) in [4.78, 5) is 11.1. The number of pyridine rings is 2. The summed E-state index contributed by atoms with van der Waals surface area (Å²) < 4.78 is 0. The zero-order chi connectivity index (χ0) is 22.2. The van der Waals surface area contributed by atoms with Gasteiger partial charge in [0.1, 0.15) is 17.6 Å². The van der Waals surface area contributed by atoms with Gasteiger partial charge < -0.3 is 10.4 Å². The molecule has 184 valence electrons. The van der Waals surface area contributed by atoms with E-state index >= 15 is 0 Å². The van der Waals surface area contributed by atoms with Crippen molar-refractivity contribution < 1.29 is 5.11 Å². The Balaban J connectivity index is 0.00000204. The van der Waals surface area contributed by atoms with Gasteiger partial charge in [-0.1, -0.05) is 25.5 Å². The van der Waals surface area contributed by atoms with Crippen molar-refractivity contribution >= 4 is 24.8 Å². The molecule has 0 aromatic carbocycles. The lowest BCUT2D eigenvalue weighted by Gasteiger charge is -2.32. The van der Waals surface area contributed by atoms with Crippen LogP contribution in [0.5, 0.6) is 0 Å². The zero-order valence-electron chi connectivity index (χ0n) is 19.5. The smallest absolute Gasteiger partial charge is 0.115 e. The predicted octanol–water partition coefficient (Wildman–Crippen LogP) is 4.02. The van der Waals surface area contributed by atoms with Crippen LogP contribution < -0.4 is 5.32 Å². The number of aromatic nitrogens is 4. The van der Waals surface area contributed by atoms with E-state index in [1.54, 1.807) is 12.4 Å². The van der Waals surface area contributed by atoms with Crippen molar-refractivity contribution in [1.82, 2.24) is 30.4 Å². The van der Waals surface area contributed by atoms with Crippen LogP contribution in [-0.2, 0) is 6.42 Å². The van der Waals surface area contributed by atoms with Crippen molar-refractivity contribution in [3.05, 3.63) is 60.4 Å². The summed E-state index contributed by atoms with van der Waals surface area (Å²) in [5, 5.41) is 23.0. The number of hydrogen-bond donors (Lipinski definition) is 2. The highest BCUT2D eigenvalue weighted by Crippen LogP contribution is 2.28. The Kier molecular flexibility index (Phi) is 11.8. The molecule has 1 aliphatic heterocycles. The molecule has 0 aliphatic carbocycles. The van der Waals surface area contributed by atoms with Crippen molar-refractivity contribution in [3.8, 4) is 22.8 Å². The summed E-state index contributed by atoms with van der Waals surface area (Å²) in [6.07, 6.45) is 6.84. The van der Waals surface area contributed by atoms with Gasteiger partial charge in [0, 0.05) is 38.6 Å². The van der Waals surface area contributed by atoms with E-state index in [1.165, 1.54) is 0 Å². The Bertz CT molecular complexity index is 974. The van der Waals surface area contributed by atoms with Crippen LogP contribution in [-0.4, -0.2) is 62.6 Å². The third kappa shape index (κ3) is 7.42. The second-order valence-corrected chi connectivity index (χ2v) is 8.36. The van der Waals surface area contributed by atoms with E-state index in [9.17, 15) is 5.11 Å². The van der Waals surface area contributed by atoms with Gasteiger partial charge in [-0.25, -0.2) is 0 Å². The molecular formula is C25H34Cl2N6O. The van der Waals surface area contributed by atoms with Crippen LogP contribution in [0.4, 0.5) is 0 Å². The Morgan fingerprint density at radius 2 is 1.59 bits per heavy atom. The summed E-state index contributed by atoms with van der Waals surface area (Å²) in [5.41, 5.74) is 4.37. The first-order valence-electron chi connectivity index (χ1n) is 11.6. The molecule has 34 heavy (non-hydrogen) atoms. The second-order valence-electron chi connectivity index (χ2n) is 8.36. The number of hydrogen-bond acceptors (Lipinski definition) is 7. The molecule has 3 aromatic heterocycles. The third-order valence-electron chi connectivity index (χ3n) is 6.20. The molecule has 4 rings (SSSR count). The van der Waals surface area contributed by atoms with Crippen LogP contribution in [0.15, 0.2) is 54.9 Å². The van der Waals surface area contributed by atoms with Gasteiger partial charge in [-0.15, -0.1) is 35.0 Å². The molecule has 1 aliphatic rings. The van der Waals surface area contributed by atoms with E-state index in [-0.39, 0.29) is 31.0 Å². The minimum Gasteiger partial charge on any atom is -0.378 e. The molecule has 1 saturated heterocycles. The van der Waals surface area contributed by atoms with Crippen LogP contribution in [0.2, 0.25) is 0 Å². The average molecular weight is 505 g/mol. The van der Waals surface area contributed by atoms with Crippen LogP contribution in [0.25, 0.3) is 22.8 Å². The molecule has 7 nitrogen and oxygen atoms in total. The predicted molar refractivity (Wildman–Crippen MR) is 140 cm³/mol. The van der Waals surface area contributed by atoms with E-state index in [0.29, 0.717) is 5.92 Å². The van der Waals surface area contributed by atoms with Gasteiger partial charge in [-0.05, 0) is 61.1 Å². The van der Waals surface area contributed by atoms with Crippen LogP contribution >= 0.6 is 24.8 Å². The fourth-order valence-corrected chi connectivity index (χ4v) is 4.25. The molecular weight excluding hydrogens is 471 g/mol. The van der Waals surface area contributed by atoms with Gasteiger partial charge in [-0.2, -0.15) is 0 Å². The first-order valence-corrected chi connectivity index (χ1v) is 11.6. The first-order chi connectivity index (χ1) is 15.7. The fraction of sp³-hybridized carbons (Fsp3) is 0.440. The first kappa shape index (κ1) is 28.1. The summed E-state index contributed by atoms with van der Waals surface area (Å²) in [6.45, 7) is 5.92. The van der Waals surface area contributed by atoms with Crippen LogP contribution in [0.3, 0.4) is 0 Å². The maximum absolute atomic E-state index is 10.7. The minimum atomic E-state index is -0.374. The molecule has 4 heterocycles. The number of aliphatic hydroxyl groups is 1. The van der Waals surface area contributed by atoms with Crippen LogP contribution in [0.1, 0.15) is 31.7 Å². The van der Waals surface area contributed by atoms with E-state index in [2.05, 4.69) is 43.4 Å². The quantitative estimate of drug-likeness (QED) is 0.454. The highest BCUT2D eigenvalue weighted by molar-refractivity contribution is 5.85. The lowest BCUT2D eigenvalue weighted by Crippen LogP contribution is -2.48. The van der Waals surface area contributed by atoms with Gasteiger partial charge in [0.15, 0.2) is 0 Å². The molecule has 0 radical (unpaired) electrons.